The van der Waals surface area contributed by atoms with Crippen molar-refractivity contribution >= 4 is 27.0 Å². The fourth-order valence-corrected chi connectivity index (χ4v) is 5.97. The minimum absolute atomic E-state index is 0.0728. The number of benzene rings is 1. The van der Waals surface area contributed by atoms with E-state index in [-0.39, 0.29) is 35.4 Å². The molecule has 8 nitrogen and oxygen atoms in total. The monoisotopic (exact) mass is 435 g/mol. The van der Waals surface area contributed by atoms with E-state index < -0.39 is 15.8 Å². The Morgan fingerprint density at radius 3 is 2.47 bits per heavy atom. The number of rotatable bonds is 6. The van der Waals surface area contributed by atoms with Gasteiger partial charge >= 0.3 is 5.76 Å². The lowest BCUT2D eigenvalue weighted by Gasteiger charge is -2.16. The molecule has 1 saturated carbocycles. The molecule has 1 aliphatic heterocycles. The van der Waals surface area contributed by atoms with E-state index in [1.54, 1.807) is 6.07 Å². The van der Waals surface area contributed by atoms with Gasteiger partial charge in [-0.25, -0.2) is 13.2 Å². The van der Waals surface area contributed by atoms with Crippen molar-refractivity contribution in [2.75, 3.05) is 13.1 Å². The zero-order valence-electron chi connectivity index (χ0n) is 17.1. The van der Waals surface area contributed by atoms with E-state index in [4.69, 9.17) is 4.42 Å². The highest BCUT2D eigenvalue weighted by atomic mass is 32.2. The zero-order valence-corrected chi connectivity index (χ0v) is 18.0. The van der Waals surface area contributed by atoms with Gasteiger partial charge in [-0.2, -0.15) is 4.31 Å². The van der Waals surface area contributed by atoms with E-state index in [1.165, 1.54) is 33.8 Å². The largest absolute Gasteiger partial charge is 0.419 e. The van der Waals surface area contributed by atoms with Gasteiger partial charge < -0.3 is 9.73 Å². The molecule has 4 rings (SSSR count). The van der Waals surface area contributed by atoms with Crippen LogP contribution in [-0.4, -0.2) is 42.3 Å². The molecule has 1 saturated heterocycles. The Morgan fingerprint density at radius 2 is 1.77 bits per heavy atom. The van der Waals surface area contributed by atoms with Crippen molar-refractivity contribution in [1.29, 1.82) is 0 Å². The van der Waals surface area contributed by atoms with E-state index in [0.29, 0.717) is 18.6 Å². The molecule has 0 atom stereocenters. The van der Waals surface area contributed by atoms with Crippen LogP contribution >= 0.6 is 0 Å². The summed E-state index contributed by atoms with van der Waals surface area (Å²) >= 11 is 0. The van der Waals surface area contributed by atoms with E-state index >= 15 is 0 Å². The minimum atomic E-state index is -3.58. The molecule has 1 aliphatic carbocycles. The molecule has 0 radical (unpaired) electrons. The molecule has 2 fully saturated rings. The van der Waals surface area contributed by atoms with Crippen LogP contribution in [0.4, 0.5) is 0 Å². The number of fused-ring (bicyclic) bond motifs is 1. The first kappa shape index (κ1) is 21.1. The third-order valence-electron chi connectivity index (χ3n) is 6.13. The molecule has 9 heteroatoms. The summed E-state index contributed by atoms with van der Waals surface area (Å²) in [6.45, 7) is 1.23. The van der Waals surface area contributed by atoms with Crippen LogP contribution in [0.25, 0.3) is 11.1 Å². The molecule has 1 aromatic heterocycles. The summed E-state index contributed by atoms with van der Waals surface area (Å²) in [5.74, 6) is -0.653. The summed E-state index contributed by atoms with van der Waals surface area (Å²) < 4.78 is 33.6. The highest BCUT2D eigenvalue weighted by Crippen LogP contribution is 2.24. The fourth-order valence-electron chi connectivity index (χ4n) is 4.43. The summed E-state index contributed by atoms with van der Waals surface area (Å²) in [7, 11) is -3.58. The molecule has 2 heterocycles. The minimum Gasteiger partial charge on any atom is -0.408 e. The van der Waals surface area contributed by atoms with Gasteiger partial charge in [-0.15, -0.1) is 0 Å². The van der Waals surface area contributed by atoms with Crippen molar-refractivity contribution in [2.45, 2.75) is 75.3 Å². The predicted molar refractivity (Wildman–Crippen MR) is 113 cm³/mol. The second-order valence-corrected chi connectivity index (χ2v) is 10.2. The molecule has 0 unspecified atom stereocenters. The van der Waals surface area contributed by atoms with E-state index in [9.17, 15) is 18.0 Å². The number of hydrogen-bond acceptors (Lipinski definition) is 5. The lowest BCUT2D eigenvalue weighted by Crippen LogP contribution is -2.35. The number of hydrogen-bond donors (Lipinski definition) is 1. The van der Waals surface area contributed by atoms with Gasteiger partial charge in [0.1, 0.15) is 0 Å². The standard InChI is InChI=1S/C21H29N3O5S/c25-20(22-16-7-3-1-2-4-8-16)11-14-24-18-10-9-17(15-19(18)29-21(24)26)30(27,28)23-12-5-6-13-23/h9-10,15-16H,1-8,11-14H2,(H,22,25). The molecule has 0 bridgehead atoms. The maximum Gasteiger partial charge on any atom is 0.419 e. The first-order chi connectivity index (χ1) is 14.4. The molecule has 1 N–H and O–H groups in total. The Labute approximate surface area is 176 Å². The number of sulfonamides is 1. The van der Waals surface area contributed by atoms with Crippen LogP contribution in [0.5, 0.6) is 0 Å². The first-order valence-corrected chi connectivity index (χ1v) is 12.3. The van der Waals surface area contributed by atoms with E-state index in [2.05, 4.69) is 5.32 Å². The van der Waals surface area contributed by atoms with Crippen LogP contribution in [0.15, 0.2) is 32.3 Å². The maximum atomic E-state index is 12.7. The lowest BCUT2D eigenvalue weighted by atomic mass is 10.1. The SMILES string of the molecule is O=C(CCn1c(=O)oc2cc(S(=O)(=O)N3CCCC3)ccc21)NC1CCCCCC1. The van der Waals surface area contributed by atoms with Gasteiger partial charge in [-0.3, -0.25) is 9.36 Å². The molecule has 30 heavy (non-hydrogen) atoms. The number of carbonyl (C=O) groups is 1. The van der Waals surface area contributed by atoms with Crippen LogP contribution in [-0.2, 0) is 21.4 Å². The molecule has 2 aliphatic rings. The summed E-state index contributed by atoms with van der Waals surface area (Å²) in [6.07, 6.45) is 8.63. The van der Waals surface area contributed by atoms with Crippen LogP contribution in [0.1, 0.15) is 57.8 Å². The van der Waals surface area contributed by atoms with Crippen LogP contribution in [0.3, 0.4) is 0 Å². The molecular weight excluding hydrogens is 406 g/mol. The topological polar surface area (TPSA) is 102 Å². The first-order valence-electron chi connectivity index (χ1n) is 10.9. The second kappa shape index (κ2) is 8.93. The van der Waals surface area contributed by atoms with Crippen LogP contribution in [0, 0.1) is 0 Å². The van der Waals surface area contributed by atoms with Crippen molar-refractivity contribution in [3.63, 3.8) is 0 Å². The van der Waals surface area contributed by atoms with Gasteiger partial charge in [0.2, 0.25) is 15.9 Å². The Morgan fingerprint density at radius 1 is 1.07 bits per heavy atom. The molecule has 164 valence electrons. The van der Waals surface area contributed by atoms with Gasteiger partial charge in [0.25, 0.3) is 0 Å². The quantitative estimate of drug-likeness (QED) is 0.703. The normalized spacial score (nSPS) is 19.2. The molecule has 0 spiro atoms. The Balaban J connectivity index is 1.46. The number of aryl methyl sites for hydroxylation is 1. The highest BCUT2D eigenvalue weighted by molar-refractivity contribution is 7.89. The van der Waals surface area contributed by atoms with Crippen LogP contribution in [0.2, 0.25) is 0 Å². The van der Waals surface area contributed by atoms with Crippen molar-refractivity contribution in [2.24, 2.45) is 0 Å². The third-order valence-corrected chi connectivity index (χ3v) is 8.02. The van der Waals surface area contributed by atoms with Gasteiger partial charge in [0.05, 0.1) is 10.4 Å². The summed E-state index contributed by atoms with van der Waals surface area (Å²) in [5, 5.41) is 3.08. The number of oxazole rings is 1. The van der Waals surface area contributed by atoms with Crippen molar-refractivity contribution in [3.05, 3.63) is 28.7 Å². The summed E-state index contributed by atoms with van der Waals surface area (Å²) in [6, 6.07) is 4.72. The highest BCUT2D eigenvalue weighted by Gasteiger charge is 2.28. The summed E-state index contributed by atoms with van der Waals surface area (Å²) in [4.78, 5) is 24.8. The predicted octanol–water partition coefficient (Wildman–Crippen LogP) is 2.61. The number of nitrogens with one attached hydrogen (secondary N) is 1. The van der Waals surface area contributed by atoms with Gasteiger partial charge in [0.15, 0.2) is 5.58 Å². The Kier molecular flexibility index (Phi) is 6.29. The fraction of sp³-hybridized carbons (Fsp3) is 0.619. The van der Waals surface area contributed by atoms with E-state index in [0.717, 1.165) is 38.5 Å². The van der Waals surface area contributed by atoms with Gasteiger partial charge in [0, 0.05) is 38.2 Å². The number of carbonyl (C=O) groups excluding carboxylic acids is 1. The average Bonchev–Trinajstić information content (AvgIpc) is 3.29. The lowest BCUT2D eigenvalue weighted by molar-refractivity contribution is -0.122. The van der Waals surface area contributed by atoms with Gasteiger partial charge in [-0.1, -0.05) is 25.7 Å². The van der Waals surface area contributed by atoms with Gasteiger partial charge in [-0.05, 0) is 37.8 Å². The molecule has 1 aromatic carbocycles. The Bertz CT molecular complexity index is 1060. The average molecular weight is 436 g/mol. The molecule has 1 amide bonds. The molecular formula is C21H29N3O5S. The Hall–Kier alpha value is -2.13. The van der Waals surface area contributed by atoms with Crippen molar-refractivity contribution < 1.29 is 17.6 Å². The summed E-state index contributed by atoms with van der Waals surface area (Å²) in [5.41, 5.74) is 0.729. The smallest absolute Gasteiger partial charge is 0.408 e. The number of amides is 1. The van der Waals surface area contributed by atoms with E-state index in [1.807, 2.05) is 0 Å². The zero-order chi connectivity index (χ0) is 21.1. The number of aromatic nitrogens is 1. The second-order valence-electron chi connectivity index (χ2n) is 8.27. The molecule has 2 aromatic rings. The number of nitrogens with zero attached hydrogens (tertiary/aromatic N) is 2. The van der Waals surface area contributed by atoms with Crippen molar-refractivity contribution in [3.8, 4) is 0 Å². The van der Waals surface area contributed by atoms with Crippen molar-refractivity contribution in [1.82, 2.24) is 14.2 Å². The third kappa shape index (κ3) is 4.46. The maximum absolute atomic E-state index is 12.7. The van der Waals surface area contributed by atoms with Crippen LogP contribution < -0.4 is 11.1 Å².